The molecule has 0 N–H and O–H groups in total. The van der Waals surface area contributed by atoms with Crippen molar-refractivity contribution in [2.45, 2.75) is 40.2 Å². The summed E-state index contributed by atoms with van der Waals surface area (Å²) in [6.45, 7) is 13.5. The van der Waals surface area contributed by atoms with Crippen molar-refractivity contribution < 1.29 is 4.39 Å². The third-order valence-electron chi connectivity index (χ3n) is 2.95. The van der Waals surface area contributed by atoms with Crippen molar-refractivity contribution in [3.63, 3.8) is 0 Å². The molecule has 0 atom stereocenters. The normalized spacial score (nSPS) is 10.7. The van der Waals surface area contributed by atoms with Crippen molar-refractivity contribution in [1.29, 1.82) is 0 Å². The van der Waals surface area contributed by atoms with Gasteiger partial charge in [-0.15, -0.1) is 0 Å². The minimum absolute atomic E-state index is 0.202. The van der Waals surface area contributed by atoms with E-state index in [9.17, 15) is 4.39 Å². The highest BCUT2D eigenvalue weighted by atomic mass is 19.1. The number of halogens is 1. The second-order valence-corrected chi connectivity index (χ2v) is 4.69. The van der Waals surface area contributed by atoms with Crippen LogP contribution >= 0.6 is 0 Å². The monoisotopic (exact) mass is 235 g/mol. The van der Waals surface area contributed by atoms with Gasteiger partial charge in [0.2, 0.25) is 0 Å². The first-order valence-corrected chi connectivity index (χ1v) is 6.19. The minimum atomic E-state index is -0.202. The van der Waals surface area contributed by atoms with E-state index in [0.717, 1.165) is 29.8 Å². The van der Waals surface area contributed by atoms with Crippen LogP contribution in [0.15, 0.2) is 24.8 Å². The Hall–Kier alpha value is -1.31. The summed E-state index contributed by atoms with van der Waals surface area (Å²) >= 11 is 0. The number of hydrogen-bond donors (Lipinski definition) is 0. The topological polar surface area (TPSA) is 3.24 Å². The van der Waals surface area contributed by atoms with Crippen molar-refractivity contribution in [1.82, 2.24) is 4.90 Å². The van der Waals surface area contributed by atoms with E-state index in [1.165, 1.54) is 6.07 Å². The maximum absolute atomic E-state index is 13.3. The molecule has 0 aliphatic rings. The Labute approximate surface area is 104 Å². The first-order chi connectivity index (χ1) is 7.97. The van der Waals surface area contributed by atoms with Crippen molar-refractivity contribution in [2.24, 2.45) is 0 Å². The van der Waals surface area contributed by atoms with E-state index in [1.54, 1.807) is 12.1 Å². The van der Waals surface area contributed by atoms with Gasteiger partial charge in [0, 0.05) is 23.8 Å². The first kappa shape index (κ1) is 13.8. The van der Waals surface area contributed by atoms with Gasteiger partial charge in [0.05, 0.1) is 0 Å². The summed E-state index contributed by atoms with van der Waals surface area (Å²) in [5.74, 6) is -0.202. The van der Waals surface area contributed by atoms with Crippen molar-refractivity contribution >= 4 is 5.70 Å². The van der Waals surface area contributed by atoms with Gasteiger partial charge in [-0.3, -0.25) is 0 Å². The average Bonchev–Trinajstić information content (AvgIpc) is 2.28. The molecule has 0 unspecified atom stereocenters. The molecule has 1 rings (SSSR count). The van der Waals surface area contributed by atoms with E-state index in [4.69, 9.17) is 0 Å². The lowest BCUT2D eigenvalue weighted by molar-refractivity contribution is 0.331. The third-order valence-corrected chi connectivity index (χ3v) is 2.95. The smallest absolute Gasteiger partial charge is 0.123 e. The summed E-state index contributed by atoms with van der Waals surface area (Å²) in [7, 11) is 0. The zero-order chi connectivity index (χ0) is 13.0. The molecule has 0 radical (unpaired) electrons. The Balaban J connectivity index is 3.04. The number of hydrogen-bond acceptors (Lipinski definition) is 1. The molecule has 0 aliphatic carbocycles. The van der Waals surface area contributed by atoms with Gasteiger partial charge in [-0.25, -0.2) is 4.39 Å². The van der Waals surface area contributed by atoms with E-state index >= 15 is 0 Å². The van der Waals surface area contributed by atoms with Crippen LogP contribution in [-0.4, -0.2) is 17.5 Å². The highest BCUT2D eigenvalue weighted by Gasteiger charge is 2.14. The van der Waals surface area contributed by atoms with Gasteiger partial charge < -0.3 is 4.90 Å². The summed E-state index contributed by atoms with van der Waals surface area (Å²) in [6, 6.07) is 5.25. The third kappa shape index (κ3) is 3.32. The molecule has 1 nitrogen and oxygen atoms in total. The molecule has 0 spiro atoms. The fraction of sp³-hybridized carbons (Fsp3) is 0.467. The van der Waals surface area contributed by atoms with Gasteiger partial charge >= 0.3 is 0 Å². The zero-order valence-electron chi connectivity index (χ0n) is 11.3. The van der Waals surface area contributed by atoms with Crippen LogP contribution in [0.1, 0.15) is 38.3 Å². The highest BCUT2D eigenvalue weighted by molar-refractivity contribution is 5.65. The van der Waals surface area contributed by atoms with E-state index < -0.39 is 0 Å². The van der Waals surface area contributed by atoms with Crippen LogP contribution in [-0.2, 0) is 0 Å². The van der Waals surface area contributed by atoms with E-state index in [0.29, 0.717) is 6.04 Å². The largest absolute Gasteiger partial charge is 0.369 e. The Bertz CT molecular complexity index is 396. The Morgan fingerprint density at radius 3 is 2.59 bits per heavy atom. The van der Waals surface area contributed by atoms with Gasteiger partial charge in [-0.1, -0.05) is 19.6 Å². The Kier molecular flexibility index (Phi) is 4.73. The summed E-state index contributed by atoms with van der Waals surface area (Å²) in [5.41, 5.74) is 2.89. The molecule has 1 aromatic carbocycles. The quantitative estimate of drug-likeness (QED) is 0.738. The molecule has 0 aliphatic heterocycles. The lowest BCUT2D eigenvalue weighted by atomic mass is 10.0. The van der Waals surface area contributed by atoms with E-state index in [1.807, 2.05) is 6.92 Å². The maximum atomic E-state index is 13.3. The molecule has 0 heterocycles. The van der Waals surface area contributed by atoms with Gasteiger partial charge in [0.25, 0.3) is 0 Å². The van der Waals surface area contributed by atoms with Crippen LogP contribution in [0, 0.1) is 12.7 Å². The van der Waals surface area contributed by atoms with Crippen LogP contribution in [0.3, 0.4) is 0 Å². The number of nitrogens with zero attached hydrogens (tertiary/aromatic N) is 1. The van der Waals surface area contributed by atoms with Crippen LogP contribution in [0.25, 0.3) is 5.70 Å². The van der Waals surface area contributed by atoms with Gasteiger partial charge in [-0.2, -0.15) is 0 Å². The molecule has 94 valence electrons. The van der Waals surface area contributed by atoms with Crippen LogP contribution in [0.5, 0.6) is 0 Å². The predicted octanol–water partition coefficient (Wildman–Crippen LogP) is 4.23. The van der Waals surface area contributed by atoms with E-state index in [2.05, 4.69) is 32.3 Å². The number of aryl methyl sites for hydroxylation is 1. The summed E-state index contributed by atoms with van der Waals surface area (Å²) < 4.78 is 13.3. The van der Waals surface area contributed by atoms with Gasteiger partial charge in [0.15, 0.2) is 0 Å². The van der Waals surface area contributed by atoms with Crippen molar-refractivity contribution in [3.05, 3.63) is 41.7 Å². The summed E-state index contributed by atoms with van der Waals surface area (Å²) in [4.78, 5) is 2.22. The molecule has 0 fully saturated rings. The molecule has 2 heteroatoms. The standard InChI is InChI=1S/C15H22FN/c1-6-9-17(11(2)3)13(5)15-10-14(16)8-7-12(15)4/h7-8,10-11H,5-6,9H2,1-4H3. The molecule has 1 aromatic rings. The van der Waals surface area contributed by atoms with Crippen LogP contribution < -0.4 is 0 Å². The SMILES string of the molecule is C=C(c1cc(F)ccc1C)N(CCC)C(C)C. The molecule has 0 aromatic heterocycles. The van der Waals surface area contributed by atoms with Crippen molar-refractivity contribution in [3.8, 4) is 0 Å². The van der Waals surface area contributed by atoms with Gasteiger partial charge in [0.1, 0.15) is 5.82 Å². The first-order valence-electron chi connectivity index (χ1n) is 6.19. The number of rotatable bonds is 5. The molecule has 0 saturated carbocycles. The second kappa shape index (κ2) is 5.85. The fourth-order valence-corrected chi connectivity index (χ4v) is 2.01. The predicted molar refractivity (Wildman–Crippen MR) is 72.3 cm³/mol. The highest BCUT2D eigenvalue weighted by Crippen LogP contribution is 2.24. The van der Waals surface area contributed by atoms with Crippen LogP contribution in [0.2, 0.25) is 0 Å². The van der Waals surface area contributed by atoms with E-state index in [-0.39, 0.29) is 5.82 Å². The zero-order valence-corrected chi connectivity index (χ0v) is 11.3. The summed E-state index contributed by atoms with van der Waals surface area (Å²) in [6.07, 6.45) is 1.06. The molecular formula is C15H22FN. The summed E-state index contributed by atoms with van der Waals surface area (Å²) in [5, 5.41) is 0. The molecular weight excluding hydrogens is 213 g/mol. The average molecular weight is 235 g/mol. The maximum Gasteiger partial charge on any atom is 0.123 e. The fourth-order valence-electron chi connectivity index (χ4n) is 2.01. The number of benzene rings is 1. The molecule has 0 amide bonds. The van der Waals surface area contributed by atoms with Crippen molar-refractivity contribution in [2.75, 3.05) is 6.54 Å². The molecule has 0 bridgehead atoms. The molecule has 0 saturated heterocycles. The Morgan fingerprint density at radius 1 is 1.41 bits per heavy atom. The lowest BCUT2D eigenvalue weighted by Gasteiger charge is -2.31. The Morgan fingerprint density at radius 2 is 2.06 bits per heavy atom. The van der Waals surface area contributed by atoms with Crippen LogP contribution in [0.4, 0.5) is 4.39 Å². The lowest BCUT2D eigenvalue weighted by Crippen LogP contribution is -2.30. The minimum Gasteiger partial charge on any atom is -0.369 e. The molecule has 17 heavy (non-hydrogen) atoms. The second-order valence-electron chi connectivity index (χ2n) is 4.69. The van der Waals surface area contributed by atoms with Gasteiger partial charge in [-0.05, 0) is 44.9 Å².